The van der Waals surface area contributed by atoms with Crippen molar-refractivity contribution in [3.8, 4) is 0 Å². The van der Waals surface area contributed by atoms with Gasteiger partial charge >= 0.3 is 6.09 Å². The second-order valence-corrected chi connectivity index (χ2v) is 11.0. The van der Waals surface area contributed by atoms with E-state index in [1.807, 2.05) is 32.9 Å². The van der Waals surface area contributed by atoms with Gasteiger partial charge in [0.25, 0.3) is 0 Å². The Morgan fingerprint density at radius 3 is 2.57 bits per heavy atom. The van der Waals surface area contributed by atoms with E-state index in [4.69, 9.17) is 18.9 Å². The number of ether oxygens (including phenoxy) is 4. The molecule has 0 unspecified atom stereocenters. The van der Waals surface area contributed by atoms with Gasteiger partial charge in [0.05, 0.1) is 31.0 Å². The van der Waals surface area contributed by atoms with E-state index in [1.54, 1.807) is 27.1 Å². The lowest BCUT2D eigenvalue weighted by Crippen LogP contribution is -2.50. The third-order valence-electron chi connectivity index (χ3n) is 7.32. The number of hydrogen-bond donors (Lipinski definition) is 2. The number of nitrogens with zero attached hydrogens (tertiary/aromatic N) is 1. The molecule has 2 amide bonds. The molecule has 3 aliphatic rings. The molecule has 3 fully saturated rings. The number of hydrogen-bond acceptors (Lipinski definition) is 7. The van der Waals surface area contributed by atoms with Gasteiger partial charge in [-0.05, 0) is 52.5 Å². The van der Waals surface area contributed by atoms with Crippen LogP contribution in [0.1, 0.15) is 53.9 Å². The summed E-state index contributed by atoms with van der Waals surface area (Å²) in [6, 6.07) is -0.100. The maximum absolute atomic E-state index is 12.4. The van der Waals surface area contributed by atoms with Gasteiger partial charge in [0.2, 0.25) is 5.91 Å². The highest BCUT2D eigenvalue weighted by atomic mass is 16.6. The Kier molecular flexibility index (Phi) is 9.97. The molecule has 3 aliphatic heterocycles. The Bertz CT molecular complexity index is 895. The molecule has 0 radical (unpaired) electrons. The lowest BCUT2D eigenvalue weighted by atomic mass is 9.87. The predicted molar refractivity (Wildman–Crippen MR) is 140 cm³/mol. The highest BCUT2D eigenvalue weighted by molar-refractivity contribution is 5.87. The van der Waals surface area contributed by atoms with Crippen molar-refractivity contribution in [1.29, 1.82) is 0 Å². The fraction of sp³-hybridized carbons (Fsp3) is 0.714. The van der Waals surface area contributed by atoms with Gasteiger partial charge in [0, 0.05) is 26.6 Å². The SMILES string of the molecule is CC(/C=C/[C@H]1O[C@H](C)C[C@@]2(CO2)[C@@H]1O)=C\C[C@@H]1O[C@H](C)[C@H](NC(=O)/C=C\[C@H](C)OC(=O)N(C)C)C[C@@H]1C. The normalized spacial score (nSPS) is 37.1. The molecule has 0 aromatic rings. The van der Waals surface area contributed by atoms with Gasteiger partial charge in [0.1, 0.15) is 23.9 Å². The van der Waals surface area contributed by atoms with Gasteiger partial charge in [-0.25, -0.2) is 4.79 Å². The second-order valence-electron chi connectivity index (χ2n) is 11.0. The largest absolute Gasteiger partial charge is 0.442 e. The fourth-order valence-electron chi connectivity index (χ4n) is 4.92. The van der Waals surface area contributed by atoms with Crippen LogP contribution in [-0.2, 0) is 23.7 Å². The number of carbonyl (C=O) groups excluding carboxylic acids is 2. The van der Waals surface area contributed by atoms with E-state index in [2.05, 4.69) is 18.3 Å². The van der Waals surface area contributed by atoms with Crippen LogP contribution in [-0.4, -0.2) is 91.0 Å². The molecule has 2 N–H and O–H groups in total. The van der Waals surface area contributed by atoms with Crippen LogP contribution in [0.4, 0.5) is 4.79 Å². The highest BCUT2D eigenvalue weighted by Crippen LogP contribution is 2.42. The van der Waals surface area contributed by atoms with Gasteiger partial charge in [-0.15, -0.1) is 0 Å². The van der Waals surface area contributed by atoms with E-state index in [9.17, 15) is 14.7 Å². The molecule has 0 saturated carbocycles. The van der Waals surface area contributed by atoms with E-state index in [1.165, 1.54) is 11.0 Å². The number of amides is 2. The molecular weight excluding hydrogens is 476 g/mol. The Hall–Kier alpha value is -2.20. The zero-order valence-corrected chi connectivity index (χ0v) is 23.2. The first-order chi connectivity index (χ1) is 17.4. The van der Waals surface area contributed by atoms with E-state index in [0.29, 0.717) is 6.61 Å². The Morgan fingerprint density at radius 2 is 1.92 bits per heavy atom. The van der Waals surface area contributed by atoms with Crippen LogP contribution in [0.5, 0.6) is 0 Å². The summed E-state index contributed by atoms with van der Waals surface area (Å²) in [6.07, 6.45) is 9.30. The summed E-state index contributed by atoms with van der Waals surface area (Å²) in [5.41, 5.74) is 0.651. The molecule has 9 atom stereocenters. The van der Waals surface area contributed by atoms with Crippen molar-refractivity contribution >= 4 is 12.0 Å². The van der Waals surface area contributed by atoms with Crippen LogP contribution in [0, 0.1) is 5.92 Å². The minimum absolute atomic E-state index is 0.0483. The van der Waals surface area contributed by atoms with Gasteiger partial charge in [-0.1, -0.05) is 30.7 Å². The predicted octanol–water partition coefficient (Wildman–Crippen LogP) is 3.13. The summed E-state index contributed by atoms with van der Waals surface area (Å²) in [5.74, 6) is 0.0225. The summed E-state index contributed by atoms with van der Waals surface area (Å²) < 4.78 is 22.9. The topological polar surface area (TPSA) is 110 Å². The third-order valence-corrected chi connectivity index (χ3v) is 7.32. The minimum Gasteiger partial charge on any atom is -0.442 e. The first-order valence-corrected chi connectivity index (χ1v) is 13.2. The van der Waals surface area contributed by atoms with Crippen molar-refractivity contribution < 1.29 is 33.6 Å². The molecule has 3 heterocycles. The second kappa shape index (κ2) is 12.6. The summed E-state index contributed by atoms with van der Waals surface area (Å²) in [7, 11) is 3.21. The Balaban J connectivity index is 1.45. The van der Waals surface area contributed by atoms with Crippen LogP contribution in [0.2, 0.25) is 0 Å². The molecule has 0 aromatic carbocycles. The van der Waals surface area contributed by atoms with Crippen LogP contribution in [0.15, 0.2) is 36.0 Å². The van der Waals surface area contributed by atoms with Crippen molar-refractivity contribution in [2.75, 3.05) is 20.7 Å². The zero-order chi connectivity index (χ0) is 27.3. The molecule has 9 nitrogen and oxygen atoms in total. The molecule has 9 heteroatoms. The van der Waals surface area contributed by atoms with E-state index >= 15 is 0 Å². The van der Waals surface area contributed by atoms with Crippen molar-refractivity contribution in [1.82, 2.24) is 10.2 Å². The average Bonchev–Trinajstić information content (AvgIpc) is 3.60. The number of rotatable bonds is 8. The van der Waals surface area contributed by atoms with Crippen molar-refractivity contribution in [2.45, 2.75) is 102 Å². The summed E-state index contributed by atoms with van der Waals surface area (Å²) >= 11 is 0. The molecule has 37 heavy (non-hydrogen) atoms. The maximum atomic E-state index is 12.4. The van der Waals surface area contributed by atoms with Gasteiger partial charge in [0.15, 0.2) is 0 Å². The van der Waals surface area contributed by atoms with Gasteiger partial charge in [-0.3, -0.25) is 4.79 Å². The summed E-state index contributed by atoms with van der Waals surface area (Å²) in [5, 5.41) is 13.6. The quantitative estimate of drug-likeness (QED) is 0.287. The number of aliphatic hydroxyl groups excluding tert-OH is 1. The lowest BCUT2D eigenvalue weighted by molar-refractivity contribution is -0.126. The molecule has 3 saturated heterocycles. The Morgan fingerprint density at radius 1 is 1.22 bits per heavy atom. The number of aliphatic hydroxyl groups is 1. The number of allylic oxidation sites excluding steroid dienone is 2. The molecular formula is C28H44N2O7. The van der Waals surface area contributed by atoms with Crippen molar-refractivity contribution in [3.63, 3.8) is 0 Å². The third kappa shape index (κ3) is 8.14. The minimum atomic E-state index is -0.645. The van der Waals surface area contributed by atoms with Crippen LogP contribution >= 0.6 is 0 Å². The lowest BCUT2D eigenvalue weighted by Gasteiger charge is -2.39. The van der Waals surface area contributed by atoms with Crippen molar-refractivity contribution in [2.24, 2.45) is 5.92 Å². The Labute approximate surface area is 220 Å². The summed E-state index contributed by atoms with van der Waals surface area (Å²) in [6.45, 7) is 10.5. The molecule has 0 aliphatic carbocycles. The number of epoxide rings is 1. The van der Waals surface area contributed by atoms with E-state index < -0.39 is 23.9 Å². The maximum Gasteiger partial charge on any atom is 0.409 e. The van der Waals surface area contributed by atoms with E-state index in [0.717, 1.165) is 24.8 Å². The van der Waals surface area contributed by atoms with Crippen LogP contribution in [0.25, 0.3) is 0 Å². The molecule has 1 spiro atoms. The fourth-order valence-corrected chi connectivity index (χ4v) is 4.92. The first-order valence-electron chi connectivity index (χ1n) is 13.2. The average molecular weight is 521 g/mol. The smallest absolute Gasteiger partial charge is 0.409 e. The van der Waals surface area contributed by atoms with Gasteiger partial charge in [-0.2, -0.15) is 0 Å². The monoisotopic (exact) mass is 520 g/mol. The highest BCUT2D eigenvalue weighted by Gasteiger charge is 2.57. The molecule has 0 bridgehead atoms. The van der Waals surface area contributed by atoms with Crippen molar-refractivity contribution in [3.05, 3.63) is 36.0 Å². The zero-order valence-electron chi connectivity index (χ0n) is 23.2. The standard InChI is InChI=1S/C28H44N2O7/c1-17(9-12-24-26(32)28(16-34-28)15-20(4)35-24)8-11-23-18(2)14-22(21(5)37-23)29-25(31)13-10-19(3)36-27(33)30(6)7/h8-10,12-13,18-24,26,32H,11,14-16H2,1-7H3,(H,29,31)/b12-9+,13-10-,17-8+/t18-,19-,20+,21+,22+,23-,24+,26+,28+/m0/s1. The molecule has 208 valence electrons. The number of carbonyl (C=O) groups is 2. The van der Waals surface area contributed by atoms with Gasteiger partial charge < -0.3 is 34.3 Å². The summed E-state index contributed by atoms with van der Waals surface area (Å²) in [4.78, 5) is 25.4. The number of nitrogens with one attached hydrogen (secondary N) is 1. The van der Waals surface area contributed by atoms with Crippen LogP contribution in [0.3, 0.4) is 0 Å². The van der Waals surface area contributed by atoms with Crippen LogP contribution < -0.4 is 5.32 Å². The molecule has 3 rings (SSSR count). The first kappa shape index (κ1) is 29.4. The molecule has 0 aromatic heterocycles. The van der Waals surface area contributed by atoms with E-state index in [-0.39, 0.29) is 42.3 Å².